The number of carbonyl (C=O) groups is 1. The molecule has 0 spiro atoms. The van der Waals surface area contributed by atoms with E-state index in [1.165, 1.54) is 6.08 Å². The highest BCUT2D eigenvalue weighted by atomic mass is 127. The maximum Gasteiger partial charge on any atom is 0.248 e. The molecular weight excluding hydrogens is 363 g/mol. The molecule has 2 rings (SSSR count). The fraction of sp³-hybridized carbons (Fsp3) is 0.0625. The van der Waals surface area contributed by atoms with E-state index < -0.39 is 0 Å². The van der Waals surface area contributed by atoms with Crippen molar-refractivity contribution in [2.75, 3.05) is 11.1 Å². The van der Waals surface area contributed by atoms with Crippen molar-refractivity contribution >= 4 is 45.9 Å². The first-order chi connectivity index (χ1) is 9.54. The topological polar surface area (TPSA) is 55.1 Å². The van der Waals surface area contributed by atoms with Crippen molar-refractivity contribution in [1.29, 1.82) is 0 Å². The molecule has 0 radical (unpaired) electrons. The molecule has 0 saturated heterocycles. The molecule has 3 N–H and O–H groups in total. The van der Waals surface area contributed by atoms with E-state index in [4.69, 9.17) is 5.73 Å². The summed E-state index contributed by atoms with van der Waals surface area (Å²) in [7, 11) is 0. The monoisotopic (exact) mass is 378 g/mol. The van der Waals surface area contributed by atoms with Gasteiger partial charge in [0, 0.05) is 21.0 Å². The van der Waals surface area contributed by atoms with Crippen LogP contribution >= 0.6 is 22.6 Å². The lowest BCUT2D eigenvalue weighted by Crippen LogP contribution is -2.08. The van der Waals surface area contributed by atoms with E-state index in [1.807, 2.05) is 37.3 Å². The van der Waals surface area contributed by atoms with E-state index in [9.17, 15) is 4.79 Å². The highest BCUT2D eigenvalue weighted by molar-refractivity contribution is 14.1. The molecule has 0 heterocycles. The van der Waals surface area contributed by atoms with Gasteiger partial charge in [-0.1, -0.05) is 12.1 Å². The number of hydrogen-bond donors (Lipinski definition) is 2. The minimum atomic E-state index is -0.147. The van der Waals surface area contributed by atoms with Crippen LogP contribution in [0.15, 0.2) is 48.5 Å². The standard InChI is InChI=1S/C16H15IN2O/c1-11-10-13(17)5-8-15(11)19-16(20)9-4-12-2-6-14(18)7-3-12/h2-10H,18H2,1H3,(H,19,20)/b9-4+. The number of hydrogen-bond acceptors (Lipinski definition) is 2. The summed E-state index contributed by atoms with van der Waals surface area (Å²) in [5.74, 6) is -0.147. The molecule has 102 valence electrons. The van der Waals surface area contributed by atoms with Gasteiger partial charge < -0.3 is 11.1 Å². The Morgan fingerprint density at radius 3 is 2.55 bits per heavy atom. The number of aryl methyl sites for hydroxylation is 1. The van der Waals surface area contributed by atoms with Gasteiger partial charge >= 0.3 is 0 Å². The molecular formula is C16H15IN2O. The fourth-order valence-corrected chi connectivity index (χ4v) is 2.37. The van der Waals surface area contributed by atoms with Crippen molar-refractivity contribution in [3.8, 4) is 0 Å². The van der Waals surface area contributed by atoms with Gasteiger partial charge in [-0.15, -0.1) is 0 Å². The number of anilines is 2. The van der Waals surface area contributed by atoms with Crippen LogP contribution in [0.3, 0.4) is 0 Å². The van der Waals surface area contributed by atoms with Crippen LogP contribution in [0.5, 0.6) is 0 Å². The van der Waals surface area contributed by atoms with Crippen LogP contribution in [0.2, 0.25) is 0 Å². The highest BCUT2D eigenvalue weighted by Crippen LogP contribution is 2.17. The van der Waals surface area contributed by atoms with Crippen LogP contribution in [0.4, 0.5) is 11.4 Å². The van der Waals surface area contributed by atoms with E-state index in [1.54, 1.807) is 18.2 Å². The molecule has 0 aliphatic rings. The molecule has 0 saturated carbocycles. The van der Waals surface area contributed by atoms with Gasteiger partial charge in [0.15, 0.2) is 0 Å². The van der Waals surface area contributed by atoms with Gasteiger partial charge in [-0.3, -0.25) is 4.79 Å². The summed E-state index contributed by atoms with van der Waals surface area (Å²) in [6.07, 6.45) is 3.28. The number of halogens is 1. The Bertz CT molecular complexity index is 648. The second-order valence-electron chi connectivity index (χ2n) is 4.45. The first-order valence-corrected chi connectivity index (χ1v) is 7.23. The first kappa shape index (κ1) is 14.6. The molecule has 0 aromatic heterocycles. The van der Waals surface area contributed by atoms with Crippen molar-refractivity contribution in [3.05, 3.63) is 63.2 Å². The van der Waals surface area contributed by atoms with E-state index in [0.717, 1.165) is 20.4 Å². The number of amides is 1. The zero-order valence-electron chi connectivity index (χ0n) is 11.1. The Kier molecular flexibility index (Phi) is 4.79. The predicted octanol–water partition coefficient (Wildman–Crippen LogP) is 3.83. The quantitative estimate of drug-likeness (QED) is 0.485. The van der Waals surface area contributed by atoms with Gasteiger partial charge in [0.05, 0.1) is 0 Å². The van der Waals surface area contributed by atoms with Crippen LogP contribution in [0.25, 0.3) is 6.08 Å². The van der Waals surface area contributed by atoms with E-state index in [2.05, 4.69) is 27.9 Å². The average molecular weight is 378 g/mol. The van der Waals surface area contributed by atoms with Crippen LogP contribution in [-0.4, -0.2) is 5.91 Å². The van der Waals surface area contributed by atoms with Gasteiger partial charge in [0.25, 0.3) is 0 Å². The lowest BCUT2D eigenvalue weighted by atomic mass is 10.2. The van der Waals surface area contributed by atoms with E-state index in [0.29, 0.717) is 5.69 Å². The SMILES string of the molecule is Cc1cc(I)ccc1NC(=O)/C=C/c1ccc(N)cc1. The predicted molar refractivity (Wildman–Crippen MR) is 92.4 cm³/mol. The van der Waals surface area contributed by atoms with Gasteiger partial charge in [0.2, 0.25) is 5.91 Å². The van der Waals surface area contributed by atoms with Crippen LogP contribution in [0.1, 0.15) is 11.1 Å². The summed E-state index contributed by atoms with van der Waals surface area (Å²) < 4.78 is 1.15. The molecule has 20 heavy (non-hydrogen) atoms. The summed E-state index contributed by atoms with van der Waals surface area (Å²) in [5.41, 5.74) is 9.14. The van der Waals surface area contributed by atoms with Gasteiger partial charge in [-0.2, -0.15) is 0 Å². The molecule has 0 aliphatic carbocycles. The zero-order chi connectivity index (χ0) is 14.5. The average Bonchev–Trinajstić information content (AvgIpc) is 2.41. The first-order valence-electron chi connectivity index (χ1n) is 6.15. The molecule has 0 fully saturated rings. The Labute approximate surface area is 132 Å². The Hall–Kier alpha value is -1.82. The fourth-order valence-electron chi connectivity index (χ4n) is 1.72. The minimum absolute atomic E-state index is 0.147. The summed E-state index contributed by atoms with van der Waals surface area (Å²) in [6.45, 7) is 1.97. The number of carbonyl (C=O) groups excluding carboxylic acids is 1. The number of nitrogens with two attached hydrogens (primary N) is 1. The summed E-state index contributed by atoms with van der Waals surface area (Å²) >= 11 is 2.25. The van der Waals surface area contributed by atoms with Crippen molar-refractivity contribution in [1.82, 2.24) is 0 Å². The number of nitrogens with one attached hydrogen (secondary N) is 1. The van der Waals surface area contributed by atoms with Gasteiger partial charge in [-0.25, -0.2) is 0 Å². The smallest absolute Gasteiger partial charge is 0.248 e. The third kappa shape index (κ3) is 4.09. The van der Waals surface area contributed by atoms with Crippen molar-refractivity contribution in [3.63, 3.8) is 0 Å². The van der Waals surface area contributed by atoms with Gasteiger partial charge in [0.1, 0.15) is 0 Å². The van der Waals surface area contributed by atoms with E-state index >= 15 is 0 Å². The summed E-state index contributed by atoms with van der Waals surface area (Å²) in [5, 5.41) is 2.87. The third-order valence-corrected chi connectivity index (χ3v) is 3.48. The molecule has 0 aliphatic heterocycles. The Balaban J connectivity index is 2.03. The lowest BCUT2D eigenvalue weighted by molar-refractivity contribution is -0.111. The molecule has 0 unspecified atom stereocenters. The Morgan fingerprint density at radius 2 is 1.90 bits per heavy atom. The van der Waals surface area contributed by atoms with Gasteiger partial charge in [-0.05, 0) is 77.0 Å². The molecule has 3 nitrogen and oxygen atoms in total. The number of rotatable bonds is 3. The highest BCUT2D eigenvalue weighted by Gasteiger charge is 2.01. The second-order valence-corrected chi connectivity index (χ2v) is 5.69. The third-order valence-electron chi connectivity index (χ3n) is 2.81. The van der Waals surface area contributed by atoms with Crippen LogP contribution < -0.4 is 11.1 Å². The second kappa shape index (κ2) is 6.56. The maximum atomic E-state index is 11.9. The molecule has 2 aromatic carbocycles. The minimum Gasteiger partial charge on any atom is -0.399 e. The zero-order valence-corrected chi connectivity index (χ0v) is 13.2. The summed E-state index contributed by atoms with van der Waals surface area (Å²) in [6, 6.07) is 13.3. The maximum absolute atomic E-state index is 11.9. The number of benzene rings is 2. The lowest BCUT2D eigenvalue weighted by Gasteiger charge is -2.06. The van der Waals surface area contributed by atoms with Crippen LogP contribution in [-0.2, 0) is 4.79 Å². The van der Waals surface area contributed by atoms with Crippen molar-refractivity contribution in [2.24, 2.45) is 0 Å². The van der Waals surface area contributed by atoms with Crippen LogP contribution in [0, 0.1) is 10.5 Å². The van der Waals surface area contributed by atoms with E-state index in [-0.39, 0.29) is 5.91 Å². The molecule has 1 amide bonds. The molecule has 0 bridgehead atoms. The number of nitrogen functional groups attached to an aromatic ring is 1. The molecule has 0 atom stereocenters. The van der Waals surface area contributed by atoms with Crippen molar-refractivity contribution < 1.29 is 4.79 Å². The molecule has 4 heteroatoms. The summed E-state index contributed by atoms with van der Waals surface area (Å²) in [4.78, 5) is 11.9. The Morgan fingerprint density at radius 1 is 1.20 bits per heavy atom. The normalized spacial score (nSPS) is 10.7. The largest absolute Gasteiger partial charge is 0.399 e. The van der Waals surface area contributed by atoms with Crippen molar-refractivity contribution in [2.45, 2.75) is 6.92 Å². The molecule has 2 aromatic rings.